The first-order valence-electron chi connectivity index (χ1n) is 8.17. The van der Waals surface area contributed by atoms with Crippen molar-refractivity contribution in [2.45, 2.75) is 19.3 Å². The highest BCUT2D eigenvalue weighted by molar-refractivity contribution is 7.10. The van der Waals surface area contributed by atoms with Crippen molar-refractivity contribution in [1.82, 2.24) is 9.88 Å². The van der Waals surface area contributed by atoms with Gasteiger partial charge >= 0.3 is 0 Å². The zero-order valence-electron chi connectivity index (χ0n) is 13.3. The van der Waals surface area contributed by atoms with Crippen molar-refractivity contribution in [3.63, 3.8) is 0 Å². The quantitative estimate of drug-likeness (QED) is 0.930. The standard InChI is InChI=1S/C18H19N3O2S/c22-16(9-14-4-2-8-24-14)21-7-5-18(12-21)10-15(18)17(23)20-13-3-1-6-19-11-13/h1-4,6,8,11,15H,5,7,9-10,12H2,(H,20,23)/t15-,18+/m0/s1. The van der Waals surface area contributed by atoms with Crippen molar-refractivity contribution < 1.29 is 9.59 Å². The third-order valence-corrected chi connectivity index (χ3v) is 5.96. The molecule has 2 fully saturated rings. The molecule has 1 N–H and O–H groups in total. The maximum absolute atomic E-state index is 12.4. The van der Waals surface area contributed by atoms with Gasteiger partial charge in [0.2, 0.25) is 11.8 Å². The Morgan fingerprint density at radius 1 is 1.38 bits per heavy atom. The molecule has 24 heavy (non-hydrogen) atoms. The summed E-state index contributed by atoms with van der Waals surface area (Å²) in [6.07, 6.45) is 5.61. The zero-order valence-corrected chi connectivity index (χ0v) is 14.1. The minimum Gasteiger partial charge on any atom is -0.342 e. The highest BCUT2D eigenvalue weighted by Crippen LogP contribution is 2.58. The largest absolute Gasteiger partial charge is 0.342 e. The number of thiophene rings is 1. The molecule has 1 aliphatic heterocycles. The molecule has 2 atom stereocenters. The number of hydrogen-bond acceptors (Lipinski definition) is 4. The average molecular weight is 341 g/mol. The van der Waals surface area contributed by atoms with Crippen LogP contribution in [0.5, 0.6) is 0 Å². The Kier molecular flexibility index (Phi) is 3.84. The molecule has 0 aromatic carbocycles. The number of anilines is 1. The maximum Gasteiger partial charge on any atom is 0.228 e. The van der Waals surface area contributed by atoms with E-state index in [2.05, 4.69) is 10.3 Å². The van der Waals surface area contributed by atoms with Gasteiger partial charge in [-0.2, -0.15) is 0 Å². The van der Waals surface area contributed by atoms with Gasteiger partial charge in [-0.25, -0.2) is 0 Å². The minimum absolute atomic E-state index is 0.00258. The smallest absolute Gasteiger partial charge is 0.228 e. The van der Waals surface area contributed by atoms with E-state index in [1.807, 2.05) is 28.5 Å². The second-order valence-electron chi connectivity index (χ2n) is 6.67. The Morgan fingerprint density at radius 2 is 2.29 bits per heavy atom. The molecular weight excluding hydrogens is 322 g/mol. The fourth-order valence-corrected chi connectivity index (χ4v) is 4.31. The van der Waals surface area contributed by atoms with Gasteiger partial charge in [-0.05, 0) is 36.4 Å². The van der Waals surface area contributed by atoms with Gasteiger partial charge in [0.15, 0.2) is 0 Å². The number of nitrogens with one attached hydrogen (secondary N) is 1. The topological polar surface area (TPSA) is 62.3 Å². The van der Waals surface area contributed by atoms with Gasteiger partial charge < -0.3 is 10.2 Å². The lowest BCUT2D eigenvalue weighted by molar-refractivity contribution is -0.129. The van der Waals surface area contributed by atoms with Crippen LogP contribution in [0.25, 0.3) is 0 Å². The third-order valence-electron chi connectivity index (χ3n) is 5.08. The maximum atomic E-state index is 12.4. The van der Waals surface area contributed by atoms with Crippen LogP contribution in [-0.4, -0.2) is 34.8 Å². The summed E-state index contributed by atoms with van der Waals surface area (Å²) in [4.78, 5) is 31.9. The van der Waals surface area contributed by atoms with Crippen LogP contribution in [0.3, 0.4) is 0 Å². The van der Waals surface area contributed by atoms with Gasteiger partial charge in [0.05, 0.1) is 18.3 Å². The SMILES string of the molecule is O=C(Nc1cccnc1)[C@@H]1C[C@@]12CCN(C(=O)Cc1cccs1)C2. The molecule has 6 heteroatoms. The molecule has 0 bridgehead atoms. The first-order chi connectivity index (χ1) is 11.7. The Morgan fingerprint density at radius 3 is 3.04 bits per heavy atom. The van der Waals surface area contributed by atoms with Crippen molar-refractivity contribution in [2.75, 3.05) is 18.4 Å². The van der Waals surface area contributed by atoms with E-state index in [4.69, 9.17) is 0 Å². The summed E-state index contributed by atoms with van der Waals surface area (Å²) in [5, 5.41) is 4.93. The summed E-state index contributed by atoms with van der Waals surface area (Å²) < 4.78 is 0. The van der Waals surface area contributed by atoms with Crippen LogP contribution in [0.15, 0.2) is 42.0 Å². The number of hydrogen-bond donors (Lipinski definition) is 1. The Bertz CT molecular complexity index is 747. The monoisotopic (exact) mass is 341 g/mol. The van der Waals surface area contributed by atoms with E-state index in [1.54, 1.807) is 29.8 Å². The molecule has 1 saturated carbocycles. The lowest BCUT2D eigenvalue weighted by Gasteiger charge is -2.16. The Balaban J connectivity index is 1.34. The van der Waals surface area contributed by atoms with Gasteiger partial charge in [-0.1, -0.05) is 6.07 Å². The second kappa shape index (κ2) is 6.02. The normalized spacial score (nSPS) is 25.0. The summed E-state index contributed by atoms with van der Waals surface area (Å²) in [5.41, 5.74) is 0.727. The summed E-state index contributed by atoms with van der Waals surface area (Å²) in [6, 6.07) is 7.61. The van der Waals surface area contributed by atoms with E-state index in [0.29, 0.717) is 13.0 Å². The number of carbonyl (C=O) groups is 2. The van der Waals surface area contributed by atoms with Crippen LogP contribution in [0.2, 0.25) is 0 Å². The van der Waals surface area contributed by atoms with Crippen LogP contribution >= 0.6 is 11.3 Å². The first-order valence-corrected chi connectivity index (χ1v) is 9.05. The molecular formula is C18H19N3O2S. The molecule has 4 rings (SSSR count). The van der Waals surface area contributed by atoms with E-state index in [1.165, 1.54) is 0 Å². The molecule has 124 valence electrons. The van der Waals surface area contributed by atoms with Gasteiger partial charge in [-0.3, -0.25) is 14.6 Å². The van der Waals surface area contributed by atoms with E-state index in [0.717, 1.165) is 30.0 Å². The highest BCUT2D eigenvalue weighted by Gasteiger charge is 2.61. The van der Waals surface area contributed by atoms with Crippen LogP contribution in [0, 0.1) is 11.3 Å². The molecule has 0 unspecified atom stereocenters. The Labute approximate surface area is 144 Å². The second-order valence-corrected chi connectivity index (χ2v) is 7.70. The van der Waals surface area contributed by atoms with Crippen molar-refractivity contribution in [2.24, 2.45) is 11.3 Å². The van der Waals surface area contributed by atoms with Gasteiger partial charge in [0, 0.05) is 35.5 Å². The van der Waals surface area contributed by atoms with E-state index < -0.39 is 0 Å². The lowest BCUT2D eigenvalue weighted by atomic mass is 10.0. The third kappa shape index (κ3) is 2.94. The average Bonchev–Trinajstić information content (AvgIpc) is 2.90. The highest BCUT2D eigenvalue weighted by atomic mass is 32.1. The van der Waals surface area contributed by atoms with Crippen LogP contribution < -0.4 is 5.32 Å². The molecule has 1 aliphatic carbocycles. The number of carbonyl (C=O) groups excluding carboxylic acids is 2. The molecule has 0 radical (unpaired) electrons. The fraction of sp³-hybridized carbons (Fsp3) is 0.389. The number of rotatable bonds is 4. The molecule has 1 saturated heterocycles. The van der Waals surface area contributed by atoms with Crippen molar-refractivity contribution in [3.8, 4) is 0 Å². The lowest BCUT2D eigenvalue weighted by Crippen LogP contribution is -2.31. The van der Waals surface area contributed by atoms with Crippen molar-refractivity contribution in [1.29, 1.82) is 0 Å². The zero-order chi connectivity index (χ0) is 16.6. The summed E-state index contributed by atoms with van der Waals surface area (Å²) in [6.45, 7) is 1.48. The summed E-state index contributed by atoms with van der Waals surface area (Å²) in [5.74, 6) is 0.237. The van der Waals surface area contributed by atoms with Crippen LogP contribution in [0.4, 0.5) is 5.69 Å². The molecule has 2 aliphatic rings. The molecule has 2 amide bonds. The van der Waals surface area contributed by atoms with E-state index >= 15 is 0 Å². The van der Waals surface area contributed by atoms with E-state index in [-0.39, 0.29) is 23.1 Å². The van der Waals surface area contributed by atoms with Gasteiger partial charge in [0.25, 0.3) is 0 Å². The Hall–Kier alpha value is -2.21. The van der Waals surface area contributed by atoms with E-state index in [9.17, 15) is 9.59 Å². The molecule has 1 spiro atoms. The van der Waals surface area contributed by atoms with Crippen LogP contribution in [0.1, 0.15) is 17.7 Å². The predicted octanol–water partition coefficient (Wildman–Crippen LogP) is 2.56. The number of pyridine rings is 1. The number of nitrogens with zero attached hydrogens (tertiary/aromatic N) is 2. The molecule has 5 nitrogen and oxygen atoms in total. The number of aromatic nitrogens is 1. The van der Waals surface area contributed by atoms with Crippen molar-refractivity contribution >= 4 is 28.8 Å². The molecule has 2 aromatic heterocycles. The molecule has 3 heterocycles. The van der Waals surface area contributed by atoms with Gasteiger partial charge in [-0.15, -0.1) is 11.3 Å². The first kappa shape index (κ1) is 15.3. The minimum atomic E-state index is -0.00258. The number of amides is 2. The predicted molar refractivity (Wildman–Crippen MR) is 92.6 cm³/mol. The summed E-state index contributed by atoms with van der Waals surface area (Å²) in [7, 11) is 0. The number of likely N-dealkylation sites (tertiary alicyclic amines) is 1. The summed E-state index contributed by atoms with van der Waals surface area (Å²) >= 11 is 1.61. The molecule has 2 aromatic rings. The van der Waals surface area contributed by atoms with Crippen molar-refractivity contribution in [3.05, 3.63) is 46.9 Å². The fourth-order valence-electron chi connectivity index (χ4n) is 3.62. The van der Waals surface area contributed by atoms with Crippen LogP contribution in [-0.2, 0) is 16.0 Å². The van der Waals surface area contributed by atoms with Gasteiger partial charge in [0.1, 0.15) is 0 Å².